The van der Waals surface area contributed by atoms with Gasteiger partial charge in [0.25, 0.3) is 0 Å². The van der Waals surface area contributed by atoms with Gasteiger partial charge in [-0.3, -0.25) is 4.79 Å². The zero-order chi connectivity index (χ0) is 23.1. The highest BCUT2D eigenvalue weighted by Gasteiger charge is 2.16. The van der Waals surface area contributed by atoms with Crippen molar-refractivity contribution >= 4 is 34.3 Å². The van der Waals surface area contributed by atoms with Crippen molar-refractivity contribution in [1.82, 2.24) is 4.98 Å². The van der Waals surface area contributed by atoms with E-state index in [-0.39, 0.29) is 11.7 Å². The molecule has 0 fully saturated rings. The predicted molar refractivity (Wildman–Crippen MR) is 121 cm³/mol. The molecule has 7 heteroatoms. The van der Waals surface area contributed by atoms with Crippen molar-refractivity contribution in [2.75, 3.05) is 5.32 Å². The van der Waals surface area contributed by atoms with Crippen molar-refractivity contribution in [3.05, 3.63) is 60.2 Å². The number of fused-ring (bicyclic) bond motifs is 3. The number of carbonyl (C=O) groups is 3. The molecule has 0 amide bonds. The molecule has 1 aromatic carbocycles. The molecule has 0 spiro atoms. The fraction of sp³-hybridized carbons (Fsp3) is 0.250. The number of carboxylic acid groups (broad SMARTS) is 2. The number of aromatic nitrogens is 1. The molecule has 2 aliphatic rings. The number of hydrogen-bond acceptors (Lipinski definition) is 5. The van der Waals surface area contributed by atoms with Crippen LogP contribution < -0.4 is 5.32 Å². The SMILES string of the molecule is CC(C)Nc1cccc2c3cccc(C(=O)C(C)C)cc-3nc12.O=C(O)C=CC(=O)O. The molecule has 0 saturated carbocycles. The largest absolute Gasteiger partial charge is 0.478 e. The first-order chi connectivity index (χ1) is 14.6. The van der Waals surface area contributed by atoms with Crippen molar-refractivity contribution in [1.29, 1.82) is 0 Å². The van der Waals surface area contributed by atoms with E-state index in [1.54, 1.807) is 0 Å². The van der Waals surface area contributed by atoms with E-state index in [1.165, 1.54) is 0 Å². The van der Waals surface area contributed by atoms with Gasteiger partial charge in [-0.05, 0) is 26.0 Å². The maximum atomic E-state index is 12.3. The van der Waals surface area contributed by atoms with Crippen LogP contribution in [0.25, 0.3) is 22.2 Å². The standard InChI is InChI=1S/C20H22N2O.C4H4O4/c1-12(2)20(23)14-7-5-8-15-16-9-6-10-17(21-13(3)4)19(16)22-18(15)11-14;5-3(6)1-2-4(7)8/h5-13,21H,1-4H3;1-2H,(H,5,6)(H,7,8). The summed E-state index contributed by atoms with van der Waals surface area (Å²) in [5.41, 5.74) is 4.66. The molecule has 0 aromatic heterocycles. The van der Waals surface area contributed by atoms with Gasteiger partial charge in [-0.25, -0.2) is 14.6 Å². The van der Waals surface area contributed by atoms with Crippen LogP contribution in [0.2, 0.25) is 0 Å². The first kappa shape index (κ1) is 23.5. The van der Waals surface area contributed by atoms with E-state index in [4.69, 9.17) is 15.2 Å². The molecule has 1 aromatic rings. The summed E-state index contributed by atoms with van der Waals surface area (Å²) in [7, 11) is 0. The van der Waals surface area contributed by atoms with Gasteiger partial charge in [-0.2, -0.15) is 0 Å². The number of Topliss-reactive ketones (excluding diaryl/α,β-unsaturated/α-hetero) is 1. The van der Waals surface area contributed by atoms with Gasteiger partial charge in [-0.1, -0.05) is 44.2 Å². The summed E-state index contributed by atoms with van der Waals surface area (Å²) in [6, 6.07) is 14.3. The highest BCUT2D eigenvalue weighted by Crippen LogP contribution is 2.35. The van der Waals surface area contributed by atoms with Gasteiger partial charge in [-0.15, -0.1) is 0 Å². The van der Waals surface area contributed by atoms with Crippen molar-refractivity contribution < 1.29 is 24.6 Å². The lowest BCUT2D eigenvalue weighted by atomic mass is 10.0. The number of nitrogens with zero attached hydrogens (tertiary/aromatic N) is 1. The van der Waals surface area contributed by atoms with Gasteiger partial charge in [0.2, 0.25) is 0 Å². The van der Waals surface area contributed by atoms with Gasteiger partial charge in [0.15, 0.2) is 5.78 Å². The van der Waals surface area contributed by atoms with E-state index in [2.05, 4.69) is 25.2 Å². The Hall–Kier alpha value is -3.74. The van der Waals surface area contributed by atoms with E-state index in [0.717, 1.165) is 33.4 Å². The van der Waals surface area contributed by atoms with Crippen LogP contribution in [0.5, 0.6) is 0 Å². The Labute approximate surface area is 180 Å². The minimum Gasteiger partial charge on any atom is -0.478 e. The monoisotopic (exact) mass is 422 g/mol. The summed E-state index contributed by atoms with van der Waals surface area (Å²) in [6.45, 7) is 8.07. The molecule has 3 rings (SSSR count). The molecular formula is C24H26N2O5. The number of ketones is 1. The van der Waals surface area contributed by atoms with Crippen LogP contribution in [-0.4, -0.2) is 39.0 Å². The van der Waals surface area contributed by atoms with Crippen molar-refractivity contribution in [3.63, 3.8) is 0 Å². The molecule has 7 nitrogen and oxygen atoms in total. The lowest BCUT2D eigenvalue weighted by Gasteiger charge is -2.10. The molecule has 0 radical (unpaired) electrons. The molecule has 1 aliphatic carbocycles. The van der Waals surface area contributed by atoms with Crippen LogP contribution in [0.4, 0.5) is 5.69 Å². The summed E-state index contributed by atoms with van der Waals surface area (Å²) in [6.07, 6.45) is 1.12. The van der Waals surface area contributed by atoms with Crippen LogP contribution in [0, 0.1) is 5.92 Å². The zero-order valence-electron chi connectivity index (χ0n) is 17.9. The molecule has 0 unspecified atom stereocenters. The third kappa shape index (κ3) is 6.37. The van der Waals surface area contributed by atoms with Gasteiger partial charge in [0.1, 0.15) is 0 Å². The van der Waals surface area contributed by atoms with E-state index in [0.29, 0.717) is 18.2 Å². The highest BCUT2D eigenvalue weighted by atomic mass is 16.4. The third-order valence-electron chi connectivity index (χ3n) is 4.29. The van der Waals surface area contributed by atoms with Crippen LogP contribution >= 0.6 is 0 Å². The van der Waals surface area contributed by atoms with Crippen molar-refractivity contribution in [2.45, 2.75) is 33.7 Å². The Morgan fingerprint density at radius 3 is 2.10 bits per heavy atom. The normalized spacial score (nSPS) is 11.0. The molecule has 0 bridgehead atoms. The first-order valence-corrected chi connectivity index (χ1v) is 9.87. The number of rotatable bonds is 6. The van der Waals surface area contributed by atoms with Crippen molar-refractivity contribution in [3.8, 4) is 11.3 Å². The van der Waals surface area contributed by atoms with Crippen LogP contribution in [0.3, 0.4) is 0 Å². The van der Waals surface area contributed by atoms with Gasteiger partial charge in [0, 0.05) is 40.6 Å². The van der Waals surface area contributed by atoms with Crippen LogP contribution in [0.1, 0.15) is 38.1 Å². The summed E-state index contributed by atoms with van der Waals surface area (Å²) in [5, 5.41) is 20.2. The number of aliphatic carboxylic acids is 2. The van der Waals surface area contributed by atoms with Crippen LogP contribution in [0.15, 0.2) is 54.6 Å². The summed E-state index contributed by atoms with van der Waals surface area (Å²) < 4.78 is 0. The third-order valence-corrected chi connectivity index (χ3v) is 4.29. The lowest BCUT2D eigenvalue weighted by Crippen LogP contribution is -2.09. The predicted octanol–water partition coefficient (Wildman–Crippen LogP) is 4.71. The van der Waals surface area contributed by atoms with E-state index < -0.39 is 11.9 Å². The number of benzene rings is 1. The second kappa shape index (κ2) is 10.3. The molecule has 0 atom stereocenters. The van der Waals surface area contributed by atoms with E-state index in [1.807, 2.05) is 50.2 Å². The Morgan fingerprint density at radius 1 is 0.935 bits per heavy atom. The number of carbonyl (C=O) groups excluding carboxylic acids is 1. The molecule has 3 N–H and O–H groups in total. The first-order valence-electron chi connectivity index (χ1n) is 9.87. The lowest BCUT2D eigenvalue weighted by molar-refractivity contribution is -0.134. The molecular weight excluding hydrogens is 396 g/mol. The number of anilines is 1. The molecule has 0 saturated heterocycles. The van der Waals surface area contributed by atoms with Crippen LogP contribution in [-0.2, 0) is 9.59 Å². The van der Waals surface area contributed by atoms with Gasteiger partial charge in [0.05, 0.1) is 16.9 Å². The maximum absolute atomic E-state index is 12.3. The number of para-hydroxylation sites is 1. The highest BCUT2D eigenvalue weighted by molar-refractivity contribution is 6.05. The zero-order valence-corrected chi connectivity index (χ0v) is 17.9. The smallest absolute Gasteiger partial charge is 0.328 e. The fourth-order valence-electron chi connectivity index (χ4n) is 2.99. The average Bonchev–Trinajstić information content (AvgIpc) is 2.90. The second-order valence-electron chi connectivity index (χ2n) is 7.57. The Morgan fingerprint density at radius 2 is 1.55 bits per heavy atom. The van der Waals surface area contributed by atoms with E-state index in [9.17, 15) is 14.4 Å². The summed E-state index contributed by atoms with van der Waals surface area (Å²) in [4.78, 5) is 36.2. The van der Waals surface area contributed by atoms with Crippen molar-refractivity contribution in [2.24, 2.45) is 5.92 Å². The summed E-state index contributed by atoms with van der Waals surface area (Å²) in [5.74, 6) is -2.38. The number of hydrogen-bond donors (Lipinski definition) is 3. The maximum Gasteiger partial charge on any atom is 0.328 e. The van der Waals surface area contributed by atoms with Gasteiger partial charge < -0.3 is 15.5 Å². The van der Waals surface area contributed by atoms with E-state index >= 15 is 0 Å². The molecule has 31 heavy (non-hydrogen) atoms. The number of nitrogens with one attached hydrogen (secondary N) is 1. The fourth-order valence-corrected chi connectivity index (χ4v) is 2.99. The van der Waals surface area contributed by atoms with Gasteiger partial charge >= 0.3 is 11.9 Å². The molecule has 1 aliphatic heterocycles. The molecule has 162 valence electrons. The topological polar surface area (TPSA) is 117 Å². The Kier molecular flexibility index (Phi) is 7.85. The average molecular weight is 422 g/mol. The number of carboxylic acids is 2. The quantitative estimate of drug-likeness (QED) is 0.389. The second-order valence-corrected chi connectivity index (χ2v) is 7.57. The molecule has 1 heterocycles. The summed E-state index contributed by atoms with van der Waals surface area (Å²) >= 11 is 0. The minimum atomic E-state index is -1.26. The Bertz CT molecular complexity index is 1090. The minimum absolute atomic E-state index is 0.0185. The Balaban J connectivity index is 0.000000366.